The van der Waals surface area contributed by atoms with Gasteiger partial charge in [0, 0.05) is 18.2 Å². The van der Waals surface area contributed by atoms with E-state index in [0.29, 0.717) is 11.4 Å². The van der Waals surface area contributed by atoms with Crippen LogP contribution in [-0.4, -0.2) is 19.3 Å². The molecule has 0 heterocycles. The highest BCUT2D eigenvalue weighted by Gasteiger charge is 2.17. The van der Waals surface area contributed by atoms with Gasteiger partial charge in [-0.05, 0) is 36.6 Å². The van der Waals surface area contributed by atoms with E-state index in [1.807, 2.05) is 6.92 Å². The molecular weight excluding hydrogens is 229 g/mol. The molecule has 0 aliphatic heterocycles. The molecule has 0 fully saturated rings. The van der Waals surface area contributed by atoms with Crippen molar-refractivity contribution in [2.75, 3.05) is 7.11 Å². The van der Waals surface area contributed by atoms with Crippen molar-refractivity contribution in [1.82, 2.24) is 0 Å². The van der Waals surface area contributed by atoms with Gasteiger partial charge in [-0.15, -0.1) is 0 Å². The summed E-state index contributed by atoms with van der Waals surface area (Å²) in [5.74, 6) is -0.294. The molecule has 4 heteroatoms. The van der Waals surface area contributed by atoms with Crippen molar-refractivity contribution in [1.29, 1.82) is 0 Å². The topological polar surface area (TPSA) is 35.2 Å². The second kappa shape index (κ2) is 6.18. The van der Waals surface area contributed by atoms with Gasteiger partial charge in [0.1, 0.15) is 5.82 Å². The number of rotatable bonds is 5. The lowest BCUT2D eigenvalue weighted by Gasteiger charge is -2.21. The van der Waals surface area contributed by atoms with Crippen LogP contribution >= 0.6 is 11.6 Å². The van der Waals surface area contributed by atoms with Gasteiger partial charge in [-0.25, -0.2) is 4.39 Å². The van der Waals surface area contributed by atoms with Gasteiger partial charge in [-0.2, -0.15) is 0 Å². The van der Waals surface area contributed by atoms with Crippen molar-refractivity contribution < 1.29 is 9.13 Å². The summed E-state index contributed by atoms with van der Waals surface area (Å²) in [5.41, 5.74) is 6.71. The van der Waals surface area contributed by atoms with Crippen LogP contribution in [0.15, 0.2) is 18.2 Å². The first-order valence-electron chi connectivity index (χ1n) is 5.30. The number of hydrogen-bond acceptors (Lipinski definition) is 2. The second-order valence-corrected chi connectivity index (χ2v) is 4.19. The normalized spacial score (nSPS) is 14.8. The summed E-state index contributed by atoms with van der Waals surface area (Å²) in [6.07, 6.45) is 1.31. The van der Waals surface area contributed by atoms with Crippen molar-refractivity contribution >= 4 is 11.6 Å². The van der Waals surface area contributed by atoms with E-state index in [0.717, 1.165) is 12.0 Å². The van der Waals surface area contributed by atoms with Crippen LogP contribution in [0, 0.1) is 5.82 Å². The van der Waals surface area contributed by atoms with E-state index >= 15 is 0 Å². The van der Waals surface area contributed by atoms with E-state index in [9.17, 15) is 4.39 Å². The molecule has 2 atom stereocenters. The van der Waals surface area contributed by atoms with Crippen LogP contribution in [0.2, 0.25) is 5.02 Å². The van der Waals surface area contributed by atoms with Crippen molar-refractivity contribution in [3.63, 3.8) is 0 Å². The Hall–Kier alpha value is -0.640. The zero-order valence-electron chi connectivity index (χ0n) is 9.54. The fourth-order valence-corrected chi connectivity index (χ4v) is 1.92. The fraction of sp³-hybridized carbons (Fsp3) is 0.500. The van der Waals surface area contributed by atoms with Gasteiger partial charge in [0.25, 0.3) is 0 Å². The van der Waals surface area contributed by atoms with E-state index in [1.165, 1.54) is 12.1 Å². The van der Waals surface area contributed by atoms with E-state index in [2.05, 4.69) is 0 Å². The Balaban J connectivity index is 2.75. The van der Waals surface area contributed by atoms with Gasteiger partial charge in [-0.1, -0.05) is 18.5 Å². The van der Waals surface area contributed by atoms with Crippen LogP contribution in [0.3, 0.4) is 0 Å². The minimum absolute atomic E-state index is 0.0284. The highest BCUT2D eigenvalue weighted by Crippen LogP contribution is 2.19. The zero-order chi connectivity index (χ0) is 12.1. The zero-order valence-corrected chi connectivity index (χ0v) is 10.3. The SMILES string of the molecule is CCC(OC)C(N)Cc1cc(F)ccc1Cl. The van der Waals surface area contributed by atoms with Crippen molar-refractivity contribution in [2.45, 2.75) is 31.9 Å². The van der Waals surface area contributed by atoms with Crippen LogP contribution in [-0.2, 0) is 11.2 Å². The predicted octanol–water partition coefficient (Wildman–Crippen LogP) is 2.77. The first-order valence-corrected chi connectivity index (χ1v) is 5.68. The first kappa shape index (κ1) is 13.4. The summed E-state index contributed by atoms with van der Waals surface area (Å²) in [6, 6.07) is 4.14. The Bertz CT molecular complexity index is 342. The van der Waals surface area contributed by atoms with Crippen LogP contribution in [0.1, 0.15) is 18.9 Å². The Kier molecular flexibility index (Phi) is 5.19. The van der Waals surface area contributed by atoms with Crippen molar-refractivity contribution in [2.24, 2.45) is 5.73 Å². The van der Waals surface area contributed by atoms with E-state index in [1.54, 1.807) is 13.2 Å². The molecule has 2 N–H and O–H groups in total. The number of nitrogens with two attached hydrogens (primary N) is 1. The minimum Gasteiger partial charge on any atom is -0.380 e. The van der Waals surface area contributed by atoms with Crippen molar-refractivity contribution in [3.8, 4) is 0 Å². The number of halogens is 2. The molecule has 0 saturated heterocycles. The number of methoxy groups -OCH3 is 1. The van der Waals surface area contributed by atoms with Gasteiger partial charge in [-0.3, -0.25) is 0 Å². The van der Waals surface area contributed by atoms with Crippen LogP contribution < -0.4 is 5.73 Å². The molecule has 0 spiro atoms. The van der Waals surface area contributed by atoms with Gasteiger partial charge in [0.05, 0.1) is 6.10 Å². The Morgan fingerprint density at radius 3 is 2.75 bits per heavy atom. The number of ether oxygens (including phenoxy) is 1. The average Bonchev–Trinajstić information content (AvgIpc) is 2.25. The average molecular weight is 246 g/mol. The van der Waals surface area contributed by atoms with E-state index in [4.69, 9.17) is 22.1 Å². The summed E-state index contributed by atoms with van der Waals surface area (Å²) in [5, 5.41) is 0.544. The highest BCUT2D eigenvalue weighted by atomic mass is 35.5. The second-order valence-electron chi connectivity index (χ2n) is 3.79. The summed E-state index contributed by atoms with van der Waals surface area (Å²) < 4.78 is 18.3. The van der Waals surface area contributed by atoms with Gasteiger partial charge < -0.3 is 10.5 Å². The lowest BCUT2D eigenvalue weighted by atomic mass is 10.0. The predicted molar refractivity (Wildman–Crippen MR) is 64.2 cm³/mol. The van der Waals surface area contributed by atoms with Gasteiger partial charge >= 0.3 is 0 Å². The molecular formula is C12H17ClFNO. The molecule has 2 nitrogen and oxygen atoms in total. The molecule has 0 amide bonds. The molecule has 1 rings (SSSR count). The van der Waals surface area contributed by atoms with Gasteiger partial charge in [0.15, 0.2) is 0 Å². The molecule has 1 aromatic carbocycles. The molecule has 0 saturated carbocycles. The molecule has 0 aromatic heterocycles. The third-order valence-corrected chi connectivity index (χ3v) is 3.01. The van der Waals surface area contributed by atoms with E-state index in [-0.39, 0.29) is 18.0 Å². The summed E-state index contributed by atoms with van der Waals surface area (Å²) in [4.78, 5) is 0. The molecule has 1 aromatic rings. The molecule has 0 radical (unpaired) electrons. The summed E-state index contributed by atoms with van der Waals surface area (Å²) >= 11 is 5.97. The maximum Gasteiger partial charge on any atom is 0.123 e. The monoisotopic (exact) mass is 245 g/mol. The maximum atomic E-state index is 13.0. The first-order chi connectivity index (χ1) is 7.58. The lowest BCUT2D eigenvalue weighted by Crippen LogP contribution is -2.37. The van der Waals surface area contributed by atoms with Crippen LogP contribution in [0.5, 0.6) is 0 Å². The third-order valence-electron chi connectivity index (χ3n) is 2.65. The molecule has 16 heavy (non-hydrogen) atoms. The van der Waals surface area contributed by atoms with E-state index < -0.39 is 0 Å². The molecule has 0 aliphatic rings. The largest absolute Gasteiger partial charge is 0.380 e. The lowest BCUT2D eigenvalue weighted by molar-refractivity contribution is 0.0773. The highest BCUT2D eigenvalue weighted by molar-refractivity contribution is 6.31. The standard InChI is InChI=1S/C12H17ClFNO/c1-3-12(16-2)11(15)7-8-6-9(14)4-5-10(8)13/h4-6,11-12H,3,7,15H2,1-2H3. The Labute approximate surface area is 101 Å². The Morgan fingerprint density at radius 1 is 1.50 bits per heavy atom. The molecule has 0 aliphatic carbocycles. The fourth-order valence-electron chi connectivity index (χ4n) is 1.73. The third kappa shape index (κ3) is 3.44. The molecule has 2 unspecified atom stereocenters. The summed E-state index contributed by atoms with van der Waals surface area (Å²) in [6.45, 7) is 2.00. The smallest absolute Gasteiger partial charge is 0.123 e. The van der Waals surface area contributed by atoms with Crippen LogP contribution in [0.4, 0.5) is 4.39 Å². The van der Waals surface area contributed by atoms with Crippen molar-refractivity contribution in [3.05, 3.63) is 34.6 Å². The number of hydrogen-bond donors (Lipinski definition) is 1. The maximum absolute atomic E-state index is 13.0. The minimum atomic E-state index is -0.294. The summed E-state index contributed by atoms with van der Waals surface area (Å²) in [7, 11) is 1.63. The van der Waals surface area contributed by atoms with Crippen LogP contribution in [0.25, 0.3) is 0 Å². The Morgan fingerprint density at radius 2 is 2.19 bits per heavy atom. The molecule has 0 bridgehead atoms. The number of benzene rings is 1. The molecule has 90 valence electrons. The quantitative estimate of drug-likeness (QED) is 0.866. The van der Waals surface area contributed by atoms with Gasteiger partial charge in [0.2, 0.25) is 0 Å².